The zero-order valence-electron chi connectivity index (χ0n) is 14.7. The van der Waals surface area contributed by atoms with Crippen LogP contribution in [0.3, 0.4) is 0 Å². The van der Waals surface area contributed by atoms with E-state index in [0.717, 1.165) is 6.42 Å². The summed E-state index contributed by atoms with van der Waals surface area (Å²) in [6.45, 7) is 6.60. The standard InChI is InChI=1S/C19H24N2O3S/c1-14(2)11-12-20-19(22)16-9-10-18(15(3)13-16)21-25(23,24)17-7-5-4-6-8-17/h4-10,13-14,21H,11-12H2,1-3H3,(H,20,22). The lowest BCUT2D eigenvalue weighted by molar-refractivity contribution is 0.0952. The average Bonchev–Trinajstić information content (AvgIpc) is 2.57. The predicted molar refractivity (Wildman–Crippen MR) is 100 cm³/mol. The van der Waals surface area contributed by atoms with E-state index in [1.165, 1.54) is 12.1 Å². The van der Waals surface area contributed by atoms with Gasteiger partial charge in [0, 0.05) is 12.1 Å². The molecule has 0 aliphatic carbocycles. The van der Waals surface area contributed by atoms with Crippen molar-refractivity contribution < 1.29 is 13.2 Å². The fourth-order valence-corrected chi connectivity index (χ4v) is 3.45. The van der Waals surface area contributed by atoms with E-state index < -0.39 is 10.0 Å². The maximum atomic E-state index is 12.4. The first-order valence-corrected chi connectivity index (χ1v) is 9.74. The van der Waals surface area contributed by atoms with E-state index in [2.05, 4.69) is 23.9 Å². The zero-order valence-corrected chi connectivity index (χ0v) is 15.6. The minimum atomic E-state index is -3.64. The van der Waals surface area contributed by atoms with E-state index in [4.69, 9.17) is 0 Å². The highest BCUT2D eigenvalue weighted by atomic mass is 32.2. The van der Waals surface area contributed by atoms with Crippen LogP contribution in [0.4, 0.5) is 5.69 Å². The van der Waals surface area contributed by atoms with Gasteiger partial charge in [0.05, 0.1) is 10.6 Å². The van der Waals surface area contributed by atoms with Gasteiger partial charge in [0.15, 0.2) is 0 Å². The van der Waals surface area contributed by atoms with Crippen LogP contribution in [0.25, 0.3) is 0 Å². The number of rotatable bonds is 7. The molecule has 2 rings (SSSR count). The van der Waals surface area contributed by atoms with Crippen molar-refractivity contribution in [1.82, 2.24) is 5.32 Å². The highest BCUT2D eigenvalue weighted by Crippen LogP contribution is 2.21. The first-order chi connectivity index (χ1) is 11.8. The molecule has 0 radical (unpaired) electrons. The Morgan fingerprint density at radius 1 is 1.08 bits per heavy atom. The van der Waals surface area contributed by atoms with Gasteiger partial charge in [0.2, 0.25) is 0 Å². The van der Waals surface area contributed by atoms with Crippen molar-refractivity contribution in [3.8, 4) is 0 Å². The molecule has 2 aromatic rings. The lowest BCUT2D eigenvalue weighted by atomic mass is 10.1. The highest BCUT2D eigenvalue weighted by molar-refractivity contribution is 7.92. The summed E-state index contributed by atoms with van der Waals surface area (Å²) in [7, 11) is -3.64. The smallest absolute Gasteiger partial charge is 0.261 e. The quantitative estimate of drug-likeness (QED) is 0.792. The van der Waals surface area contributed by atoms with Gasteiger partial charge >= 0.3 is 0 Å². The molecule has 0 fully saturated rings. The van der Waals surface area contributed by atoms with Crippen molar-refractivity contribution in [1.29, 1.82) is 0 Å². The van der Waals surface area contributed by atoms with Crippen molar-refractivity contribution in [2.45, 2.75) is 32.1 Å². The van der Waals surface area contributed by atoms with Gasteiger partial charge in [-0.15, -0.1) is 0 Å². The maximum absolute atomic E-state index is 12.4. The molecule has 0 spiro atoms. The molecule has 1 amide bonds. The summed E-state index contributed by atoms with van der Waals surface area (Å²) in [5.74, 6) is 0.373. The maximum Gasteiger partial charge on any atom is 0.261 e. The third kappa shape index (κ3) is 5.32. The van der Waals surface area contributed by atoms with Gasteiger partial charge in [-0.05, 0) is 55.2 Å². The van der Waals surface area contributed by atoms with Crippen molar-refractivity contribution in [3.63, 3.8) is 0 Å². The van der Waals surface area contributed by atoms with E-state index in [0.29, 0.717) is 29.3 Å². The van der Waals surface area contributed by atoms with Crippen LogP contribution in [0.15, 0.2) is 53.4 Å². The van der Waals surface area contributed by atoms with Crippen LogP contribution < -0.4 is 10.0 Å². The third-order valence-electron chi connectivity index (χ3n) is 3.79. The summed E-state index contributed by atoms with van der Waals surface area (Å²) in [5.41, 5.74) is 1.67. The number of anilines is 1. The molecule has 0 aliphatic heterocycles. The number of carbonyl (C=O) groups is 1. The van der Waals surface area contributed by atoms with Crippen LogP contribution in [-0.2, 0) is 10.0 Å². The SMILES string of the molecule is Cc1cc(C(=O)NCCC(C)C)ccc1NS(=O)(=O)c1ccccc1. The van der Waals surface area contributed by atoms with Crippen LogP contribution in [0.2, 0.25) is 0 Å². The molecule has 25 heavy (non-hydrogen) atoms. The first-order valence-electron chi connectivity index (χ1n) is 8.26. The van der Waals surface area contributed by atoms with Crippen molar-refractivity contribution in [2.75, 3.05) is 11.3 Å². The monoisotopic (exact) mass is 360 g/mol. The molecule has 0 bridgehead atoms. The molecule has 0 aliphatic rings. The van der Waals surface area contributed by atoms with Gasteiger partial charge in [-0.2, -0.15) is 0 Å². The molecule has 5 nitrogen and oxygen atoms in total. The molecule has 0 atom stereocenters. The second kappa shape index (κ2) is 8.16. The van der Waals surface area contributed by atoms with Crippen LogP contribution in [0.1, 0.15) is 36.2 Å². The van der Waals surface area contributed by atoms with Crippen LogP contribution >= 0.6 is 0 Å². The summed E-state index contributed by atoms with van der Waals surface area (Å²) < 4.78 is 27.3. The molecule has 0 heterocycles. The van der Waals surface area contributed by atoms with E-state index in [1.807, 2.05) is 0 Å². The van der Waals surface area contributed by atoms with Gasteiger partial charge in [0.25, 0.3) is 15.9 Å². The summed E-state index contributed by atoms with van der Waals surface area (Å²) in [6.07, 6.45) is 0.916. The van der Waals surface area contributed by atoms with Crippen LogP contribution in [-0.4, -0.2) is 20.9 Å². The van der Waals surface area contributed by atoms with Crippen molar-refractivity contribution >= 4 is 21.6 Å². The Kier molecular flexibility index (Phi) is 6.20. The van der Waals surface area contributed by atoms with Gasteiger partial charge in [-0.1, -0.05) is 32.0 Å². The van der Waals surface area contributed by atoms with Crippen LogP contribution in [0.5, 0.6) is 0 Å². The third-order valence-corrected chi connectivity index (χ3v) is 5.18. The summed E-state index contributed by atoms with van der Waals surface area (Å²) >= 11 is 0. The summed E-state index contributed by atoms with van der Waals surface area (Å²) in [4.78, 5) is 12.3. The molecule has 0 aromatic heterocycles. The highest BCUT2D eigenvalue weighted by Gasteiger charge is 2.15. The minimum Gasteiger partial charge on any atom is -0.352 e. The molecular weight excluding hydrogens is 336 g/mol. The summed E-state index contributed by atoms with van der Waals surface area (Å²) in [6, 6.07) is 13.1. The molecule has 2 aromatic carbocycles. The molecule has 134 valence electrons. The Labute approximate surface area is 149 Å². The molecule has 2 N–H and O–H groups in total. The molecule has 0 unspecified atom stereocenters. The first kappa shape index (κ1) is 19.0. The predicted octanol–water partition coefficient (Wildman–Crippen LogP) is 3.57. The van der Waals surface area contributed by atoms with Gasteiger partial charge in [0.1, 0.15) is 0 Å². The average molecular weight is 360 g/mol. The Morgan fingerprint density at radius 3 is 2.36 bits per heavy atom. The Morgan fingerprint density at radius 2 is 1.76 bits per heavy atom. The Hall–Kier alpha value is -2.34. The molecule has 6 heteroatoms. The van der Waals surface area contributed by atoms with Gasteiger partial charge in [-0.3, -0.25) is 9.52 Å². The van der Waals surface area contributed by atoms with Gasteiger partial charge < -0.3 is 5.32 Å². The zero-order chi connectivity index (χ0) is 18.4. The molecule has 0 saturated heterocycles. The second-order valence-electron chi connectivity index (χ2n) is 6.39. The topological polar surface area (TPSA) is 75.3 Å². The largest absolute Gasteiger partial charge is 0.352 e. The van der Waals surface area contributed by atoms with Crippen molar-refractivity contribution in [3.05, 3.63) is 59.7 Å². The lowest BCUT2D eigenvalue weighted by Gasteiger charge is -2.12. The number of amides is 1. The number of carbonyl (C=O) groups excluding carboxylic acids is 1. The Bertz CT molecular complexity index is 831. The fourth-order valence-electron chi connectivity index (χ4n) is 2.30. The van der Waals surface area contributed by atoms with E-state index in [1.54, 1.807) is 43.3 Å². The van der Waals surface area contributed by atoms with E-state index in [-0.39, 0.29) is 10.8 Å². The number of hydrogen-bond acceptors (Lipinski definition) is 3. The minimum absolute atomic E-state index is 0.152. The van der Waals surface area contributed by atoms with E-state index in [9.17, 15) is 13.2 Å². The van der Waals surface area contributed by atoms with Crippen LogP contribution in [0, 0.1) is 12.8 Å². The number of aryl methyl sites for hydroxylation is 1. The summed E-state index contributed by atoms with van der Waals surface area (Å²) in [5, 5.41) is 2.87. The number of benzene rings is 2. The van der Waals surface area contributed by atoms with Gasteiger partial charge in [-0.25, -0.2) is 8.42 Å². The molecular formula is C19H24N2O3S. The molecule has 0 saturated carbocycles. The Balaban J connectivity index is 2.10. The number of nitrogens with one attached hydrogen (secondary N) is 2. The second-order valence-corrected chi connectivity index (χ2v) is 8.07. The number of hydrogen-bond donors (Lipinski definition) is 2. The normalized spacial score (nSPS) is 11.4. The van der Waals surface area contributed by atoms with Crippen molar-refractivity contribution in [2.24, 2.45) is 5.92 Å². The number of sulfonamides is 1. The lowest BCUT2D eigenvalue weighted by Crippen LogP contribution is -2.25. The fraction of sp³-hybridized carbons (Fsp3) is 0.316. The van der Waals surface area contributed by atoms with E-state index >= 15 is 0 Å².